The van der Waals surface area contributed by atoms with Gasteiger partial charge in [0.1, 0.15) is 24.8 Å². The first kappa shape index (κ1) is 21.4. The standard InChI is InChI=1S/C23H20FNO4S/c24-17-10-12-18(13-11-17)25-22(26)16-30-21-9-5-4-8-20(21)23(27)29-15-14-28-19-6-2-1-3-7-19/h1-13H,14-16H2,(H,25,26). The molecule has 7 heteroatoms. The van der Waals surface area contributed by atoms with E-state index >= 15 is 0 Å². The van der Waals surface area contributed by atoms with Crippen LogP contribution in [0, 0.1) is 5.82 Å². The molecule has 0 saturated carbocycles. The van der Waals surface area contributed by atoms with E-state index in [1.54, 1.807) is 24.3 Å². The first-order chi connectivity index (χ1) is 14.6. The minimum Gasteiger partial charge on any atom is -0.490 e. The molecule has 0 bridgehead atoms. The number of hydrogen-bond acceptors (Lipinski definition) is 5. The molecule has 1 amide bonds. The molecule has 0 unspecified atom stereocenters. The van der Waals surface area contributed by atoms with E-state index < -0.39 is 5.97 Å². The Bertz CT molecular complexity index is 980. The number of thioether (sulfide) groups is 1. The predicted molar refractivity (Wildman–Crippen MR) is 114 cm³/mol. The summed E-state index contributed by atoms with van der Waals surface area (Å²) in [5, 5.41) is 2.69. The number of benzene rings is 3. The second-order valence-electron chi connectivity index (χ2n) is 6.14. The van der Waals surface area contributed by atoms with E-state index in [-0.39, 0.29) is 30.7 Å². The second kappa shape index (κ2) is 11.0. The molecule has 1 N–H and O–H groups in total. The molecule has 154 valence electrons. The average Bonchev–Trinajstić information content (AvgIpc) is 2.77. The minimum absolute atomic E-state index is 0.0960. The van der Waals surface area contributed by atoms with Gasteiger partial charge in [-0.3, -0.25) is 4.79 Å². The number of halogens is 1. The van der Waals surface area contributed by atoms with Crippen LogP contribution in [0.1, 0.15) is 10.4 Å². The molecule has 5 nitrogen and oxygen atoms in total. The highest BCUT2D eigenvalue weighted by Crippen LogP contribution is 2.23. The summed E-state index contributed by atoms with van der Waals surface area (Å²) in [6.45, 7) is 0.350. The number of anilines is 1. The van der Waals surface area contributed by atoms with E-state index in [2.05, 4.69) is 5.32 Å². The summed E-state index contributed by atoms with van der Waals surface area (Å²) < 4.78 is 23.7. The topological polar surface area (TPSA) is 64.6 Å². The van der Waals surface area contributed by atoms with Gasteiger partial charge in [-0.1, -0.05) is 30.3 Å². The maximum atomic E-state index is 12.9. The zero-order valence-electron chi connectivity index (χ0n) is 16.0. The van der Waals surface area contributed by atoms with E-state index in [1.165, 1.54) is 36.0 Å². The molecular weight excluding hydrogens is 405 g/mol. The van der Waals surface area contributed by atoms with Gasteiger partial charge in [0.2, 0.25) is 5.91 Å². The van der Waals surface area contributed by atoms with Crippen LogP contribution in [0.4, 0.5) is 10.1 Å². The molecule has 3 rings (SSSR count). The molecule has 0 aromatic heterocycles. The quantitative estimate of drug-likeness (QED) is 0.303. The molecule has 3 aromatic carbocycles. The highest BCUT2D eigenvalue weighted by molar-refractivity contribution is 8.00. The lowest BCUT2D eigenvalue weighted by Gasteiger charge is -2.10. The number of ether oxygens (including phenoxy) is 2. The van der Waals surface area contributed by atoms with Gasteiger partial charge >= 0.3 is 5.97 Å². The molecule has 0 fully saturated rings. The predicted octanol–water partition coefficient (Wildman–Crippen LogP) is 4.79. The van der Waals surface area contributed by atoms with Gasteiger partial charge < -0.3 is 14.8 Å². The molecule has 3 aromatic rings. The van der Waals surface area contributed by atoms with Crippen LogP contribution in [-0.4, -0.2) is 30.8 Å². The first-order valence-electron chi connectivity index (χ1n) is 9.24. The molecule has 0 heterocycles. The third-order valence-corrected chi connectivity index (χ3v) is 5.00. The van der Waals surface area contributed by atoms with Crippen LogP contribution in [-0.2, 0) is 9.53 Å². The lowest BCUT2D eigenvalue weighted by atomic mass is 10.2. The van der Waals surface area contributed by atoms with Crippen molar-refractivity contribution in [1.29, 1.82) is 0 Å². The zero-order valence-corrected chi connectivity index (χ0v) is 16.9. The lowest BCUT2D eigenvalue weighted by Crippen LogP contribution is -2.15. The lowest BCUT2D eigenvalue weighted by molar-refractivity contribution is -0.113. The number of esters is 1. The Morgan fingerprint density at radius 3 is 2.33 bits per heavy atom. The van der Waals surface area contributed by atoms with Crippen molar-refractivity contribution in [2.24, 2.45) is 0 Å². The monoisotopic (exact) mass is 425 g/mol. The zero-order chi connectivity index (χ0) is 21.2. The Kier molecular flexibility index (Phi) is 7.86. The average molecular weight is 425 g/mol. The van der Waals surface area contributed by atoms with Gasteiger partial charge in [0.05, 0.1) is 11.3 Å². The maximum Gasteiger partial charge on any atom is 0.339 e. The van der Waals surface area contributed by atoms with Crippen LogP contribution in [0.2, 0.25) is 0 Å². The van der Waals surface area contributed by atoms with Gasteiger partial charge in [-0.25, -0.2) is 9.18 Å². The van der Waals surface area contributed by atoms with E-state index in [1.807, 2.05) is 30.3 Å². The summed E-state index contributed by atoms with van der Waals surface area (Å²) in [5.41, 5.74) is 0.893. The molecule has 0 aliphatic rings. The SMILES string of the molecule is O=C(CSc1ccccc1C(=O)OCCOc1ccccc1)Nc1ccc(F)cc1. The van der Waals surface area contributed by atoms with Gasteiger partial charge in [-0.05, 0) is 48.5 Å². The van der Waals surface area contributed by atoms with E-state index in [9.17, 15) is 14.0 Å². The van der Waals surface area contributed by atoms with Crippen molar-refractivity contribution in [3.63, 3.8) is 0 Å². The molecule has 0 aliphatic carbocycles. The second-order valence-corrected chi connectivity index (χ2v) is 7.15. The maximum absolute atomic E-state index is 12.9. The fourth-order valence-electron chi connectivity index (χ4n) is 2.52. The van der Waals surface area contributed by atoms with Gasteiger partial charge in [-0.2, -0.15) is 0 Å². The summed E-state index contributed by atoms with van der Waals surface area (Å²) >= 11 is 1.22. The highest BCUT2D eigenvalue weighted by atomic mass is 32.2. The van der Waals surface area contributed by atoms with Crippen LogP contribution in [0.15, 0.2) is 83.8 Å². The van der Waals surface area contributed by atoms with Gasteiger partial charge in [0.15, 0.2) is 0 Å². The fourth-order valence-corrected chi connectivity index (χ4v) is 3.36. The van der Waals surface area contributed by atoms with Gasteiger partial charge in [0, 0.05) is 10.6 Å². The molecular formula is C23H20FNO4S. The number of para-hydroxylation sites is 1. The Labute approximate surface area is 178 Å². The van der Waals surface area contributed by atoms with E-state index in [4.69, 9.17) is 9.47 Å². The van der Waals surface area contributed by atoms with E-state index in [0.717, 1.165) is 0 Å². The Morgan fingerprint density at radius 1 is 0.867 bits per heavy atom. The van der Waals surface area contributed by atoms with Crippen LogP contribution in [0.5, 0.6) is 5.75 Å². The van der Waals surface area contributed by atoms with Crippen LogP contribution >= 0.6 is 11.8 Å². The number of carbonyl (C=O) groups is 2. The summed E-state index contributed by atoms with van der Waals surface area (Å²) in [6, 6.07) is 21.7. The van der Waals surface area contributed by atoms with Gasteiger partial charge in [0.25, 0.3) is 0 Å². The van der Waals surface area contributed by atoms with Crippen LogP contribution in [0.25, 0.3) is 0 Å². The van der Waals surface area contributed by atoms with Crippen LogP contribution in [0.3, 0.4) is 0 Å². The third kappa shape index (κ3) is 6.63. The van der Waals surface area contributed by atoms with Gasteiger partial charge in [-0.15, -0.1) is 11.8 Å². The smallest absolute Gasteiger partial charge is 0.339 e. The largest absolute Gasteiger partial charge is 0.490 e. The molecule has 0 aliphatic heterocycles. The molecule has 0 atom stereocenters. The normalized spacial score (nSPS) is 10.3. The minimum atomic E-state index is -0.478. The van der Waals surface area contributed by atoms with Crippen molar-refractivity contribution in [3.05, 3.63) is 90.2 Å². The Morgan fingerprint density at radius 2 is 1.57 bits per heavy atom. The summed E-state index contributed by atoms with van der Waals surface area (Å²) in [6.07, 6.45) is 0. The summed E-state index contributed by atoms with van der Waals surface area (Å²) in [4.78, 5) is 25.2. The van der Waals surface area contributed by atoms with Crippen LogP contribution < -0.4 is 10.1 Å². The van der Waals surface area contributed by atoms with Crippen molar-refractivity contribution < 1.29 is 23.5 Å². The number of rotatable bonds is 9. The molecule has 0 spiro atoms. The van der Waals surface area contributed by atoms with Crippen molar-refractivity contribution >= 4 is 29.3 Å². The molecule has 0 saturated heterocycles. The number of carbonyl (C=O) groups excluding carboxylic acids is 2. The molecule has 0 radical (unpaired) electrons. The number of amides is 1. The Balaban J connectivity index is 1.48. The van der Waals surface area contributed by atoms with Crippen molar-refractivity contribution in [3.8, 4) is 5.75 Å². The molecule has 30 heavy (non-hydrogen) atoms. The third-order valence-electron chi connectivity index (χ3n) is 3.92. The first-order valence-corrected chi connectivity index (χ1v) is 10.2. The Hall–Kier alpha value is -3.32. The van der Waals surface area contributed by atoms with E-state index in [0.29, 0.717) is 21.9 Å². The fraction of sp³-hybridized carbons (Fsp3) is 0.130. The number of hydrogen-bond donors (Lipinski definition) is 1. The summed E-state index contributed by atoms with van der Waals surface area (Å²) in [5.74, 6) is -0.306. The number of nitrogens with one attached hydrogen (secondary N) is 1. The van der Waals surface area contributed by atoms with Crippen molar-refractivity contribution in [2.45, 2.75) is 4.90 Å². The summed E-state index contributed by atoms with van der Waals surface area (Å²) in [7, 11) is 0. The van der Waals surface area contributed by atoms with Crippen molar-refractivity contribution in [2.75, 3.05) is 24.3 Å². The van der Waals surface area contributed by atoms with Crippen molar-refractivity contribution in [1.82, 2.24) is 0 Å². The highest BCUT2D eigenvalue weighted by Gasteiger charge is 2.14.